The van der Waals surface area contributed by atoms with Gasteiger partial charge in [0.15, 0.2) is 5.78 Å². The second-order valence-electron chi connectivity index (χ2n) is 5.65. The van der Waals surface area contributed by atoms with E-state index in [1.807, 2.05) is 43.3 Å². The summed E-state index contributed by atoms with van der Waals surface area (Å²) in [5.41, 5.74) is 2.82. The average Bonchev–Trinajstić information content (AvgIpc) is 2.61. The number of phenolic OH excluding ortho intramolecular Hbond substituents is 1. The number of carbonyl (C=O) groups excluding carboxylic acids is 1. The van der Waals surface area contributed by atoms with E-state index in [2.05, 4.69) is 0 Å². The Morgan fingerprint density at radius 3 is 2.33 bits per heavy atom. The summed E-state index contributed by atoms with van der Waals surface area (Å²) in [5, 5.41) is 9.94. The van der Waals surface area contributed by atoms with Crippen molar-refractivity contribution in [3.8, 4) is 11.5 Å². The standard InChI is InChI=1S/C21H18O3/c1-15-7-12-19(20(22)13-15)21(23)17-8-10-18(11-9-17)24-14-16-5-3-2-4-6-16/h2-13,22H,14H2,1H3. The van der Waals surface area contributed by atoms with Crippen molar-refractivity contribution in [3.63, 3.8) is 0 Å². The first-order valence-electron chi connectivity index (χ1n) is 7.74. The number of hydrogen-bond donors (Lipinski definition) is 1. The highest BCUT2D eigenvalue weighted by Gasteiger charge is 2.13. The molecule has 24 heavy (non-hydrogen) atoms. The number of benzene rings is 3. The molecule has 1 N–H and O–H groups in total. The third-order valence-electron chi connectivity index (χ3n) is 3.76. The van der Waals surface area contributed by atoms with Crippen LogP contribution in [-0.2, 0) is 6.61 Å². The summed E-state index contributed by atoms with van der Waals surface area (Å²) in [5.74, 6) is 0.495. The van der Waals surface area contributed by atoms with E-state index >= 15 is 0 Å². The Hall–Kier alpha value is -3.07. The summed E-state index contributed by atoms with van der Waals surface area (Å²) >= 11 is 0. The Kier molecular flexibility index (Phi) is 4.62. The van der Waals surface area contributed by atoms with Gasteiger partial charge in [-0.1, -0.05) is 36.4 Å². The number of ketones is 1. The molecule has 0 fully saturated rings. The van der Waals surface area contributed by atoms with Crippen molar-refractivity contribution in [2.24, 2.45) is 0 Å². The number of carbonyl (C=O) groups is 1. The summed E-state index contributed by atoms with van der Waals surface area (Å²) in [7, 11) is 0. The molecule has 0 atom stereocenters. The Labute approximate surface area is 141 Å². The van der Waals surface area contributed by atoms with Crippen LogP contribution in [0.15, 0.2) is 72.8 Å². The first-order chi connectivity index (χ1) is 11.6. The van der Waals surface area contributed by atoms with Crippen LogP contribution in [0.2, 0.25) is 0 Å². The predicted octanol–water partition coefficient (Wildman–Crippen LogP) is 4.51. The van der Waals surface area contributed by atoms with Gasteiger partial charge in [-0.2, -0.15) is 0 Å². The average molecular weight is 318 g/mol. The van der Waals surface area contributed by atoms with Crippen molar-refractivity contribution in [2.75, 3.05) is 0 Å². The Morgan fingerprint density at radius 1 is 0.958 bits per heavy atom. The molecule has 0 unspecified atom stereocenters. The van der Waals surface area contributed by atoms with Crippen molar-refractivity contribution in [3.05, 3.63) is 95.1 Å². The van der Waals surface area contributed by atoms with Gasteiger partial charge in [0.25, 0.3) is 0 Å². The van der Waals surface area contributed by atoms with Gasteiger partial charge in [0.1, 0.15) is 18.1 Å². The third-order valence-corrected chi connectivity index (χ3v) is 3.76. The quantitative estimate of drug-likeness (QED) is 0.704. The zero-order chi connectivity index (χ0) is 16.9. The number of hydrogen-bond acceptors (Lipinski definition) is 3. The minimum atomic E-state index is -0.206. The van der Waals surface area contributed by atoms with Gasteiger partial charge in [0, 0.05) is 5.56 Å². The molecule has 0 saturated heterocycles. The summed E-state index contributed by atoms with van der Waals surface area (Å²) in [6.07, 6.45) is 0. The number of ether oxygens (including phenoxy) is 1. The van der Waals surface area contributed by atoms with E-state index in [-0.39, 0.29) is 11.5 Å². The Bertz CT molecular complexity index is 837. The second kappa shape index (κ2) is 7.01. The molecule has 0 aliphatic carbocycles. The maximum atomic E-state index is 12.5. The van der Waals surface area contributed by atoms with Gasteiger partial charge in [-0.3, -0.25) is 4.79 Å². The van der Waals surface area contributed by atoms with Crippen LogP contribution in [0.3, 0.4) is 0 Å². The molecule has 0 spiro atoms. The zero-order valence-electron chi connectivity index (χ0n) is 13.4. The van der Waals surface area contributed by atoms with Gasteiger partial charge >= 0.3 is 0 Å². The summed E-state index contributed by atoms with van der Waals surface area (Å²) < 4.78 is 5.71. The molecule has 0 bridgehead atoms. The summed E-state index contributed by atoms with van der Waals surface area (Å²) in [4.78, 5) is 12.5. The number of aromatic hydroxyl groups is 1. The molecule has 0 aliphatic heterocycles. The molecular formula is C21H18O3. The van der Waals surface area contributed by atoms with Crippen LogP contribution in [0, 0.1) is 6.92 Å². The smallest absolute Gasteiger partial charge is 0.196 e. The SMILES string of the molecule is Cc1ccc(C(=O)c2ccc(OCc3ccccc3)cc2)c(O)c1. The van der Waals surface area contributed by atoms with Crippen LogP contribution >= 0.6 is 0 Å². The monoisotopic (exact) mass is 318 g/mol. The molecule has 3 rings (SSSR count). The maximum Gasteiger partial charge on any atom is 0.196 e. The summed E-state index contributed by atoms with van der Waals surface area (Å²) in [6, 6.07) is 21.9. The van der Waals surface area contributed by atoms with E-state index in [0.717, 1.165) is 11.1 Å². The third kappa shape index (κ3) is 3.63. The molecular weight excluding hydrogens is 300 g/mol. The fourth-order valence-electron chi connectivity index (χ4n) is 2.43. The normalized spacial score (nSPS) is 10.4. The van der Waals surface area contributed by atoms with Crippen LogP contribution in [0.1, 0.15) is 27.0 Å². The molecule has 3 aromatic carbocycles. The molecule has 0 saturated carbocycles. The van der Waals surface area contributed by atoms with E-state index < -0.39 is 0 Å². The lowest BCUT2D eigenvalue weighted by molar-refractivity contribution is 0.103. The van der Waals surface area contributed by atoms with Crippen LogP contribution < -0.4 is 4.74 Å². The summed E-state index contributed by atoms with van der Waals surface area (Å²) in [6.45, 7) is 2.35. The zero-order valence-corrected chi connectivity index (χ0v) is 13.4. The minimum Gasteiger partial charge on any atom is -0.507 e. The Balaban J connectivity index is 1.71. The van der Waals surface area contributed by atoms with Crippen molar-refractivity contribution in [2.45, 2.75) is 13.5 Å². The Morgan fingerprint density at radius 2 is 1.67 bits per heavy atom. The number of aryl methyl sites for hydroxylation is 1. The molecule has 3 aromatic rings. The molecule has 0 aliphatic rings. The second-order valence-corrected chi connectivity index (χ2v) is 5.65. The van der Waals surface area contributed by atoms with E-state index in [1.54, 1.807) is 36.4 Å². The van der Waals surface area contributed by atoms with Gasteiger partial charge < -0.3 is 9.84 Å². The molecule has 0 aromatic heterocycles. The van der Waals surface area contributed by atoms with Gasteiger partial charge in [-0.25, -0.2) is 0 Å². The highest BCUT2D eigenvalue weighted by Crippen LogP contribution is 2.23. The van der Waals surface area contributed by atoms with Gasteiger partial charge in [-0.15, -0.1) is 0 Å². The van der Waals surface area contributed by atoms with Crippen LogP contribution in [0.5, 0.6) is 11.5 Å². The fraction of sp³-hybridized carbons (Fsp3) is 0.0952. The molecule has 0 radical (unpaired) electrons. The highest BCUT2D eigenvalue weighted by molar-refractivity contribution is 6.10. The largest absolute Gasteiger partial charge is 0.507 e. The van der Waals surface area contributed by atoms with E-state index in [1.165, 1.54) is 0 Å². The van der Waals surface area contributed by atoms with Crippen LogP contribution in [0.25, 0.3) is 0 Å². The van der Waals surface area contributed by atoms with E-state index in [9.17, 15) is 9.90 Å². The molecule has 120 valence electrons. The topological polar surface area (TPSA) is 46.5 Å². The predicted molar refractivity (Wildman–Crippen MR) is 93.5 cm³/mol. The van der Waals surface area contributed by atoms with Crippen LogP contribution in [0.4, 0.5) is 0 Å². The molecule has 0 amide bonds. The molecule has 3 nitrogen and oxygen atoms in total. The number of rotatable bonds is 5. The van der Waals surface area contributed by atoms with Crippen molar-refractivity contribution >= 4 is 5.78 Å². The minimum absolute atomic E-state index is 0.00408. The van der Waals surface area contributed by atoms with Crippen molar-refractivity contribution in [1.29, 1.82) is 0 Å². The highest BCUT2D eigenvalue weighted by atomic mass is 16.5. The lowest BCUT2D eigenvalue weighted by Crippen LogP contribution is -2.02. The molecule has 0 heterocycles. The first-order valence-corrected chi connectivity index (χ1v) is 7.74. The van der Waals surface area contributed by atoms with Crippen molar-refractivity contribution in [1.82, 2.24) is 0 Å². The van der Waals surface area contributed by atoms with E-state index in [4.69, 9.17) is 4.74 Å². The fourth-order valence-corrected chi connectivity index (χ4v) is 2.43. The van der Waals surface area contributed by atoms with Gasteiger partial charge in [-0.05, 0) is 54.4 Å². The first kappa shape index (κ1) is 15.8. The lowest BCUT2D eigenvalue weighted by Gasteiger charge is -2.08. The number of phenols is 1. The van der Waals surface area contributed by atoms with Gasteiger partial charge in [0.2, 0.25) is 0 Å². The van der Waals surface area contributed by atoms with Crippen LogP contribution in [-0.4, -0.2) is 10.9 Å². The lowest BCUT2D eigenvalue weighted by atomic mass is 10.0. The molecule has 3 heteroatoms. The van der Waals surface area contributed by atoms with Crippen molar-refractivity contribution < 1.29 is 14.6 Å². The maximum absolute atomic E-state index is 12.5. The van der Waals surface area contributed by atoms with E-state index in [0.29, 0.717) is 23.5 Å². The van der Waals surface area contributed by atoms with Gasteiger partial charge in [0.05, 0.1) is 5.56 Å².